The molecule has 0 amide bonds. The van der Waals surface area contributed by atoms with Gasteiger partial charge in [-0.3, -0.25) is 4.99 Å². The van der Waals surface area contributed by atoms with Crippen molar-refractivity contribution in [2.75, 3.05) is 6.26 Å². The van der Waals surface area contributed by atoms with E-state index in [1.54, 1.807) is 0 Å². The second kappa shape index (κ2) is 4.83. The van der Waals surface area contributed by atoms with Crippen LogP contribution >= 0.6 is 11.8 Å². The first kappa shape index (κ1) is 9.13. The molecule has 0 radical (unpaired) electrons. The molecule has 2 nitrogen and oxygen atoms in total. The van der Waals surface area contributed by atoms with Crippen molar-refractivity contribution in [3.8, 4) is 0 Å². The predicted octanol–water partition coefficient (Wildman–Crippen LogP) is 1.86. The van der Waals surface area contributed by atoms with Crippen molar-refractivity contribution >= 4 is 16.9 Å². The zero-order valence-corrected chi connectivity index (χ0v) is 7.84. The number of thioether (sulfide) groups is 1. The van der Waals surface area contributed by atoms with Crippen LogP contribution in [0.15, 0.2) is 35.3 Å². The van der Waals surface area contributed by atoms with E-state index in [4.69, 9.17) is 5.73 Å². The fraction of sp³-hybridized carbons (Fsp3) is 0.222. The van der Waals surface area contributed by atoms with Crippen LogP contribution in [0.3, 0.4) is 0 Å². The highest BCUT2D eigenvalue weighted by atomic mass is 32.2. The predicted molar refractivity (Wildman–Crippen MR) is 55.3 cm³/mol. The third-order valence-corrected chi connectivity index (χ3v) is 2.02. The lowest BCUT2D eigenvalue weighted by Gasteiger charge is -1.96. The second-order valence-electron chi connectivity index (χ2n) is 2.34. The molecule has 0 unspecified atom stereocenters. The molecule has 3 heteroatoms. The molecule has 0 atom stereocenters. The number of aliphatic imine (C=N–C) groups is 1. The Morgan fingerprint density at radius 2 is 2.08 bits per heavy atom. The number of benzene rings is 1. The van der Waals surface area contributed by atoms with Gasteiger partial charge in [-0.2, -0.15) is 0 Å². The molecule has 0 heterocycles. The molecule has 64 valence electrons. The number of nitrogens with zero attached hydrogens (tertiary/aromatic N) is 1. The molecule has 0 aliphatic carbocycles. The van der Waals surface area contributed by atoms with Gasteiger partial charge in [-0.1, -0.05) is 42.1 Å². The van der Waals surface area contributed by atoms with Crippen LogP contribution in [0.2, 0.25) is 0 Å². The molecule has 0 aliphatic heterocycles. The summed E-state index contributed by atoms with van der Waals surface area (Å²) in [4.78, 5) is 4.17. The maximum Gasteiger partial charge on any atom is 0.153 e. The summed E-state index contributed by atoms with van der Waals surface area (Å²) in [5.74, 6) is 0. The van der Waals surface area contributed by atoms with Gasteiger partial charge in [-0.25, -0.2) is 0 Å². The van der Waals surface area contributed by atoms with Crippen LogP contribution in [0, 0.1) is 0 Å². The summed E-state index contributed by atoms with van der Waals surface area (Å²) in [6.07, 6.45) is 1.92. The van der Waals surface area contributed by atoms with Gasteiger partial charge in [0.15, 0.2) is 5.17 Å². The zero-order valence-electron chi connectivity index (χ0n) is 7.03. The summed E-state index contributed by atoms with van der Waals surface area (Å²) in [5, 5.41) is 0.638. The summed E-state index contributed by atoms with van der Waals surface area (Å²) in [7, 11) is 0. The molecular formula is C9H12N2S. The summed E-state index contributed by atoms with van der Waals surface area (Å²) in [6, 6.07) is 10.1. The Morgan fingerprint density at radius 1 is 1.42 bits per heavy atom. The van der Waals surface area contributed by atoms with E-state index in [1.165, 1.54) is 17.3 Å². The van der Waals surface area contributed by atoms with Crippen molar-refractivity contribution in [2.24, 2.45) is 10.7 Å². The largest absolute Gasteiger partial charge is 0.379 e. The lowest BCUT2D eigenvalue weighted by atomic mass is 10.2. The highest BCUT2D eigenvalue weighted by Crippen LogP contribution is 2.01. The van der Waals surface area contributed by atoms with Crippen LogP contribution in [0.25, 0.3) is 0 Å². The zero-order chi connectivity index (χ0) is 8.81. The molecule has 0 saturated carbocycles. The highest BCUT2D eigenvalue weighted by Gasteiger charge is 1.89. The van der Waals surface area contributed by atoms with Crippen LogP contribution < -0.4 is 5.73 Å². The van der Waals surface area contributed by atoms with E-state index in [0.717, 1.165) is 0 Å². The van der Waals surface area contributed by atoms with Gasteiger partial charge in [0.1, 0.15) is 0 Å². The minimum Gasteiger partial charge on any atom is -0.379 e. The summed E-state index contributed by atoms with van der Waals surface area (Å²) < 4.78 is 0. The number of nitrogens with two attached hydrogens (primary N) is 1. The maximum atomic E-state index is 5.53. The molecular weight excluding hydrogens is 168 g/mol. The Bertz CT molecular complexity index is 256. The van der Waals surface area contributed by atoms with Gasteiger partial charge in [0.2, 0.25) is 0 Å². The molecule has 1 aromatic rings. The first-order valence-electron chi connectivity index (χ1n) is 3.71. The van der Waals surface area contributed by atoms with E-state index in [1.807, 2.05) is 36.6 Å². The smallest absolute Gasteiger partial charge is 0.153 e. The van der Waals surface area contributed by atoms with Gasteiger partial charge in [-0.15, -0.1) is 0 Å². The third kappa shape index (κ3) is 2.96. The Balaban J connectivity index is 2.54. The van der Waals surface area contributed by atoms with Crippen LogP contribution in [-0.2, 0) is 6.54 Å². The lowest BCUT2D eigenvalue weighted by molar-refractivity contribution is 1.07. The number of hydrogen-bond donors (Lipinski definition) is 1. The molecule has 0 fully saturated rings. The SMILES string of the molecule is CSC(N)=NCc1ccccc1. The Morgan fingerprint density at radius 3 is 2.67 bits per heavy atom. The molecule has 0 aliphatic rings. The minimum absolute atomic E-state index is 0.638. The first-order chi connectivity index (χ1) is 5.83. The van der Waals surface area contributed by atoms with Crippen LogP contribution in [0.4, 0.5) is 0 Å². The van der Waals surface area contributed by atoms with E-state index in [2.05, 4.69) is 4.99 Å². The third-order valence-electron chi connectivity index (χ3n) is 1.47. The van der Waals surface area contributed by atoms with E-state index >= 15 is 0 Å². The Labute approximate surface area is 76.9 Å². The average molecular weight is 180 g/mol. The molecule has 0 bridgehead atoms. The summed E-state index contributed by atoms with van der Waals surface area (Å²) in [6.45, 7) is 0.674. The van der Waals surface area contributed by atoms with Gasteiger partial charge in [0.25, 0.3) is 0 Å². The average Bonchev–Trinajstić information content (AvgIpc) is 2.16. The Kier molecular flexibility index (Phi) is 3.67. The standard InChI is InChI=1S/C9H12N2S/c1-12-9(10)11-7-8-5-3-2-4-6-8/h2-6H,7H2,1H3,(H2,10,11). The van der Waals surface area contributed by atoms with Crippen LogP contribution in [0.1, 0.15) is 5.56 Å². The van der Waals surface area contributed by atoms with Gasteiger partial charge >= 0.3 is 0 Å². The van der Waals surface area contributed by atoms with Crippen LogP contribution in [-0.4, -0.2) is 11.4 Å². The number of amidine groups is 1. The van der Waals surface area contributed by atoms with E-state index in [-0.39, 0.29) is 0 Å². The van der Waals surface area contributed by atoms with Crippen molar-refractivity contribution < 1.29 is 0 Å². The minimum atomic E-state index is 0.638. The van der Waals surface area contributed by atoms with Crippen molar-refractivity contribution in [1.82, 2.24) is 0 Å². The molecule has 1 aromatic carbocycles. The maximum absolute atomic E-state index is 5.53. The fourth-order valence-electron chi connectivity index (χ4n) is 0.817. The molecule has 2 N–H and O–H groups in total. The van der Waals surface area contributed by atoms with Crippen LogP contribution in [0.5, 0.6) is 0 Å². The van der Waals surface area contributed by atoms with Gasteiger partial charge in [0, 0.05) is 0 Å². The topological polar surface area (TPSA) is 38.4 Å². The van der Waals surface area contributed by atoms with E-state index in [0.29, 0.717) is 11.7 Å². The van der Waals surface area contributed by atoms with Crippen molar-refractivity contribution in [3.05, 3.63) is 35.9 Å². The summed E-state index contributed by atoms with van der Waals surface area (Å²) >= 11 is 1.47. The molecule has 0 saturated heterocycles. The highest BCUT2D eigenvalue weighted by molar-refractivity contribution is 8.13. The fourth-order valence-corrected chi connectivity index (χ4v) is 1.01. The second-order valence-corrected chi connectivity index (χ2v) is 3.17. The van der Waals surface area contributed by atoms with Crippen molar-refractivity contribution in [3.63, 3.8) is 0 Å². The normalized spacial score (nSPS) is 11.6. The van der Waals surface area contributed by atoms with Crippen molar-refractivity contribution in [2.45, 2.75) is 6.54 Å². The van der Waals surface area contributed by atoms with Gasteiger partial charge < -0.3 is 5.73 Å². The molecule has 0 spiro atoms. The number of rotatable bonds is 2. The quantitative estimate of drug-likeness (QED) is 0.557. The molecule has 12 heavy (non-hydrogen) atoms. The van der Waals surface area contributed by atoms with E-state index < -0.39 is 0 Å². The molecule has 0 aromatic heterocycles. The van der Waals surface area contributed by atoms with E-state index in [9.17, 15) is 0 Å². The monoisotopic (exact) mass is 180 g/mol. The molecule has 1 rings (SSSR count). The first-order valence-corrected chi connectivity index (χ1v) is 4.93. The lowest BCUT2D eigenvalue weighted by Crippen LogP contribution is -2.05. The summed E-state index contributed by atoms with van der Waals surface area (Å²) in [5.41, 5.74) is 6.72. The Hall–Kier alpha value is -0.960. The van der Waals surface area contributed by atoms with Gasteiger partial charge in [0.05, 0.1) is 6.54 Å². The number of hydrogen-bond acceptors (Lipinski definition) is 2. The van der Waals surface area contributed by atoms with Gasteiger partial charge in [-0.05, 0) is 11.8 Å². The van der Waals surface area contributed by atoms with Crippen molar-refractivity contribution in [1.29, 1.82) is 0 Å².